The van der Waals surface area contributed by atoms with Crippen LogP contribution in [0.3, 0.4) is 0 Å². The number of amides is 3. The highest BCUT2D eigenvalue weighted by atomic mass is 32.2. The van der Waals surface area contributed by atoms with Gasteiger partial charge in [-0.25, -0.2) is 32.0 Å². The number of sulfone groups is 1. The van der Waals surface area contributed by atoms with Gasteiger partial charge in [-0.2, -0.15) is 0 Å². The average Bonchev–Trinajstić information content (AvgIpc) is 3.03. The number of urea groups is 1. The lowest BCUT2D eigenvalue weighted by atomic mass is 10.3. The summed E-state index contributed by atoms with van der Waals surface area (Å²) in [7, 11) is -3.68. The minimum absolute atomic E-state index is 0.0310. The fourth-order valence-corrected chi connectivity index (χ4v) is 3.98. The molecular formula is C18H18F2N4O5S. The summed E-state index contributed by atoms with van der Waals surface area (Å²) in [4.78, 5) is 32.1. The number of benzene rings is 1. The molecule has 0 aliphatic carbocycles. The lowest BCUT2D eigenvalue weighted by molar-refractivity contribution is -0.118. The highest BCUT2D eigenvalue weighted by Crippen LogP contribution is 2.20. The van der Waals surface area contributed by atoms with Gasteiger partial charge < -0.3 is 9.64 Å². The predicted octanol–water partition coefficient (Wildman–Crippen LogP) is 1.19. The molecule has 0 unspecified atom stereocenters. The number of carbonyl (C=O) groups is 2. The Hall–Kier alpha value is -3.15. The summed E-state index contributed by atoms with van der Waals surface area (Å²) in [6, 6.07) is 4.89. The lowest BCUT2D eigenvalue weighted by Crippen LogP contribution is -2.28. The third-order valence-electron chi connectivity index (χ3n) is 4.16. The number of nitrogens with one attached hydrogen (secondary N) is 1. The van der Waals surface area contributed by atoms with Gasteiger partial charge in [-0.1, -0.05) is 6.07 Å². The van der Waals surface area contributed by atoms with E-state index in [1.807, 2.05) is 0 Å². The molecule has 0 bridgehead atoms. The van der Waals surface area contributed by atoms with Crippen LogP contribution in [0.15, 0.2) is 41.6 Å². The number of hydrogen-bond donors (Lipinski definition) is 1. The first-order valence-electron chi connectivity index (χ1n) is 8.85. The molecule has 0 atom stereocenters. The van der Waals surface area contributed by atoms with Crippen LogP contribution in [0.25, 0.3) is 0 Å². The fraction of sp³-hybridized carbons (Fsp3) is 0.333. The van der Waals surface area contributed by atoms with E-state index in [0.717, 1.165) is 0 Å². The predicted molar refractivity (Wildman–Crippen MR) is 99.7 cm³/mol. The molecule has 1 fully saturated rings. The van der Waals surface area contributed by atoms with Gasteiger partial charge >= 0.3 is 6.03 Å². The van der Waals surface area contributed by atoms with Crippen LogP contribution in [0, 0.1) is 0 Å². The molecule has 0 saturated carbocycles. The molecule has 0 spiro atoms. The number of aromatic nitrogens is 2. The van der Waals surface area contributed by atoms with Crippen molar-refractivity contribution in [3.8, 4) is 5.75 Å². The van der Waals surface area contributed by atoms with Crippen LogP contribution in [0.4, 0.5) is 13.6 Å². The van der Waals surface area contributed by atoms with E-state index in [-0.39, 0.29) is 35.9 Å². The number of aryl methyl sites for hydroxylation is 1. The van der Waals surface area contributed by atoms with Gasteiger partial charge in [-0.15, -0.1) is 0 Å². The summed E-state index contributed by atoms with van der Waals surface area (Å²) in [5.74, 6) is -0.272. The number of ether oxygens (including phenoxy) is 1. The van der Waals surface area contributed by atoms with Gasteiger partial charge in [0, 0.05) is 12.4 Å². The van der Waals surface area contributed by atoms with E-state index in [2.05, 4.69) is 15.3 Å². The summed E-state index contributed by atoms with van der Waals surface area (Å²) in [6.07, 6.45) is 0.382. The molecule has 3 amide bonds. The van der Waals surface area contributed by atoms with Gasteiger partial charge in [0.1, 0.15) is 24.7 Å². The van der Waals surface area contributed by atoms with Gasteiger partial charge in [-0.3, -0.25) is 10.1 Å². The molecule has 9 nitrogen and oxygen atoms in total. The molecule has 3 rings (SSSR count). The zero-order valence-electron chi connectivity index (χ0n) is 15.6. The van der Waals surface area contributed by atoms with E-state index in [1.54, 1.807) is 0 Å². The second-order valence-corrected chi connectivity index (χ2v) is 8.57. The van der Waals surface area contributed by atoms with E-state index in [4.69, 9.17) is 4.74 Å². The highest BCUT2D eigenvalue weighted by Gasteiger charge is 2.27. The summed E-state index contributed by atoms with van der Waals surface area (Å²) in [5, 5.41) is 2.15. The molecule has 1 aliphatic rings. The molecule has 2 heterocycles. The van der Waals surface area contributed by atoms with Crippen LogP contribution in [-0.4, -0.2) is 60.6 Å². The Morgan fingerprint density at radius 1 is 1.20 bits per heavy atom. The molecule has 0 radical (unpaired) electrons. The summed E-state index contributed by atoms with van der Waals surface area (Å²) in [5.41, 5.74) is 0.564. The largest absolute Gasteiger partial charge is 0.488 e. The van der Waals surface area contributed by atoms with Crippen molar-refractivity contribution in [2.24, 2.45) is 0 Å². The smallest absolute Gasteiger partial charge is 0.324 e. The van der Waals surface area contributed by atoms with Crippen molar-refractivity contribution in [1.29, 1.82) is 0 Å². The third-order valence-corrected chi connectivity index (χ3v) is 5.87. The monoisotopic (exact) mass is 440 g/mol. The Kier molecular flexibility index (Phi) is 6.55. The van der Waals surface area contributed by atoms with Crippen molar-refractivity contribution in [3.63, 3.8) is 0 Å². The van der Waals surface area contributed by atoms with Crippen LogP contribution in [0.5, 0.6) is 5.75 Å². The van der Waals surface area contributed by atoms with Crippen molar-refractivity contribution in [2.75, 3.05) is 18.9 Å². The minimum Gasteiger partial charge on any atom is -0.488 e. The zero-order valence-corrected chi connectivity index (χ0v) is 16.4. The Morgan fingerprint density at radius 2 is 1.93 bits per heavy atom. The molecule has 160 valence electrons. The summed E-state index contributed by atoms with van der Waals surface area (Å²) in [6.45, 7) is -0.829. The van der Waals surface area contributed by atoms with Crippen LogP contribution < -0.4 is 10.1 Å². The SMILES string of the molecule is O=C1CN(Cc2ncc(CCS(=O)(=O)c3cccc(OCC(F)F)c3)cn2)C(=O)N1. The normalized spacial score (nSPS) is 14.3. The second kappa shape index (κ2) is 9.11. The molecule has 2 aromatic rings. The van der Waals surface area contributed by atoms with Crippen LogP contribution in [-0.2, 0) is 27.6 Å². The Morgan fingerprint density at radius 3 is 2.57 bits per heavy atom. The molecule has 12 heteroatoms. The van der Waals surface area contributed by atoms with E-state index >= 15 is 0 Å². The quantitative estimate of drug-likeness (QED) is 0.582. The first-order valence-corrected chi connectivity index (χ1v) is 10.5. The number of halogens is 2. The first kappa shape index (κ1) is 21.6. The maximum Gasteiger partial charge on any atom is 0.324 e. The second-order valence-electron chi connectivity index (χ2n) is 6.46. The summed E-state index contributed by atoms with van der Waals surface area (Å²) < 4.78 is 54.4. The highest BCUT2D eigenvalue weighted by molar-refractivity contribution is 7.91. The summed E-state index contributed by atoms with van der Waals surface area (Å²) >= 11 is 0. The molecule has 1 N–H and O–H groups in total. The van der Waals surface area contributed by atoms with Gasteiger partial charge in [-0.05, 0) is 30.2 Å². The Balaban J connectivity index is 1.58. The fourth-order valence-electron chi connectivity index (χ4n) is 2.66. The van der Waals surface area contributed by atoms with E-state index < -0.39 is 34.8 Å². The van der Waals surface area contributed by atoms with Crippen LogP contribution in [0.1, 0.15) is 11.4 Å². The van der Waals surface area contributed by atoms with Crippen molar-refractivity contribution in [2.45, 2.75) is 24.3 Å². The van der Waals surface area contributed by atoms with Crippen LogP contribution in [0.2, 0.25) is 0 Å². The van der Waals surface area contributed by atoms with Gasteiger partial charge in [0.25, 0.3) is 6.43 Å². The van der Waals surface area contributed by atoms with E-state index in [0.29, 0.717) is 11.4 Å². The Labute approximate surface area is 171 Å². The van der Waals surface area contributed by atoms with Gasteiger partial charge in [0.15, 0.2) is 9.84 Å². The van der Waals surface area contributed by atoms with Gasteiger partial charge in [0.05, 0.1) is 17.2 Å². The van der Waals surface area contributed by atoms with Crippen molar-refractivity contribution < 1.29 is 31.5 Å². The molecule has 1 aliphatic heterocycles. The number of nitrogens with zero attached hydrogens (tertiary/aromatic N) is 3. The maximum atomic E-state index is 12.5. The molecular weight excluding hydrogens is 422 g/mol. The van der Waals surface area contributed by atoms with E-state index in [9.17, 15) is 26.8 Å². The molecule has 1 aromatic carbocycles. The first-order chi connectivity index (χ1) is 14.2. The number of rotatable bonds is 9. The number of carbonyl (C=O) groups excluding carboxylic acids is 2. The molecule has 1 aromatic heterocycles. The van der Waals surface area contributed by atoms with Gasteiger partial charge in [0.2, 0.25) is 5.91 Å². The minimum atomic E-state index is -3.68. The number of imide groups is 1. The van der Waals surface area contributed by atoms with Crippen LogP contribution >= 0.6 is 0 Å². The third kappa shape index (κ3) is 5.69. The molecule has 30 heavy (non-hydrogen) atoms. The Bertz CT molecular complexity index is 1030. The molecule has 1 saturated heterocycles. The standard InChI is InChI=1S/C18H18F2N4O5S/c19-15(20)11-29-13-2-1-3-14(6-13)30(27,28)5-4-12-7-21-16(22-8-12)9-24-10-17(25)23-18(24)26/h1-3,6-8,15H,4-5,9-11H2,(H,23,25,26). The number of hydrogen-bond acceptors (Lipinski definition) is 7. The van der Waals surface area contributed by atoms with Crippen molar-refractivity contribution in [1.82, 2.24) is 20.2 Å². The van der Waals surface area contributed by atoms with Crippen molar-refractivity contribution >= 4 is 21.8 Å². The zero-order chi connectivity index (χ0) is 21.7. The van der Waals surface area contributed by atoms with E-state index in [1.165, 1.54) is 41.6 Å². The average molecular weight is 440 g/mol. The number of alkyl halides is 2. The maximum absolute atomic E-state index is 12.5. The topological polar surface area (TPSA) is 119 Å². The lowest BCUT2D eigenvalue weighted by Gasteiger charge is -2.11. The van der Waals surface area contributed by atoms with Crippen molar-refractivity contribution in [3.05, 3.63) is 48.0 Å².